The molecule has 1 fully saturated rings. The van der Waals surface area contributed by atoms with Gasteiger partial charge >= 0.3 is 23.1 Å². The first-order chi connectivity index (χ1) is 20.7. The number of aliphatic hydroxyl groups excluding tert-OH is 3. The SMILES string of the molecule is C=C/C=C\C.O=PO.O=PO.O=c1ccn(C2OC(CCO)C(O)C2O)c(=O)n1Cc1ccc(-c2ccccc2)o1.OP. The Hall–Kier alpha value is -2.99. The Morgan fingerprint density at radius 1 is 1.00 bits per heavy atom. The minimum absolute atomic E-state index is 0.100. The van der Waals surface area contributed by atoms with Crippen molar-refractivity contribution in [2.45, 2.75) is 44.4 Å². The zero-order valence-corrected chi connectivity index (χ0v) is 26.0. The van der Waals surface area contributed by atoms with E-state index in [2.05, 4.69) is 6.58 Å². The second kappa shape index (κ2) is 23.5. The van der Waals surface area contributed by atoms with E-state index in [-0.39, 0.29) is 19.6 Å². The van der Waals surface area contributed by atoms with Crippen LogP contribution in [0.3, 0.4) is 0 Å². The second-order valence-electron chi connectivity index (χ2n) is 8.05. The highest BCUT2D eigenvalue weighted by atomic mass is 31.1. The number of ether oxygens (including phenoxy) is 1. The molecule has 6 N–H and O–H groups in total. The molecule has 2 aromatic heterocycles. The van der Waals surface area contributed by atoms with Gasteiger partial charge in [0.15, 0.2) is 6.23 Å². The maximum Gasteiger partial charge on any atom is 0.333 e. The number of allylic oxidation sites excluding steroid dienone is 3. The van der Waals surface area contributed by atoms with Crippen molar-refractivity contribution in [3.05, 3.63) is 106 Å². The molecule has 0 aliphatic carbocycles. The van der Waals surface area contributed by atoms with Gasteiger partial charge in [-0.2, -0.15) is 0 Å². The first-order valence-corrected chi connectivity index (χ1v) is 14.3. The predicted octanol–water partition coefficient (Wildman–Crippen LogP) is 2.21. The van der Waals surface area contributed by atoms with Gasteiger partial charge in [-0.05, 0) is 34.9 Å². The number of benzene rings is 1. The zero-order chi connectivity index (χ0) is 32.8. The zero-order valence-electron chi connectivity index (χ0n) is 23.1. The molecule has 0 saturated carbocycles. The lowest BCUT2D eigenvalue weighted by atomic mass is 10.1. The Kier molecular flexibility index (Phi) is 21.8. The number of hydrogen-bond donors (Lipinski definition) is 6. The molecular weight excluding hydrogens is 625 g/mol. The van der Waals surface area contributed by atoms with Crippen LogP contribution in [0.25, 0.3) is 11.3 Å². The molecule has 5 atom stereocenters. The molecule has 1 aliphatic heterocycles. The average Bonchev–Trinajstić information content (AvgIpc) is 3.59. The third-order valence-electron chi connectivity index (χ3n) is 5.48. The third-order valence-corrected chi connectivity index (χ3v) is 5.48. The first kappa shape index (κ1) is 40.0. The second-order valence-corrected chi connectivity index (χ2v) is 8.37. The van der Waals surface area contributed by atoms with Gasteiger partial charge in [0.05, 0.1) is 12.6 Å². The van der Waals surface area contributed by atoms with Crippen LogP contribution in [0.5, 0.6) is 0 Å². The van der Waals surface area contributed by atoms with Crippen LogP contribution < -0.4 is 11.2 Å². The highest BCUT2D eigenvalue weighted by molar-refractivity contribution is 7.16. The van der Waals surface area contributed by atoms with Gasteiger partial charge in [0, 0.05) is 24.4 Å². The predicted molar refractivity (Wildman–Crippen MR) is 162 cm³/mol. The molecule has 236 valence electrons. The van der Waals surface area contributed by atoms with Crippen molar-refractivity contribution in [2.75, 3.05) is 6.61 Å². The van der Waals surface area contributed by atoms with Gasteiger partial charge in [0.2, 0.25) is 0 Å². The van der Waals surface area contributed by atoms with E-state index in [0.717, 1.165) is 14.7 Å². The topological polar surface area (TPSA) is 222 Å². The van der Waals surface area contributed by atoms with Gasteiger partial charge in [-0.3, -0.25) is 13.9 Å². The largest absolute Gasteiger partial charge is 0.459 e. The molecule has 0 spiro atoms. The molecule has 3 heterocycles. The van der Waals surface area contributed by atoms with Crippen LogP contribution >= 0.6 is 26.8 Å². The minimum atomic E-state index is -1.38. The van der Waals surface area contributed by atoms with Gasteiger partial charge in [-0.15, -0.1) is 0 Å². The number of furan rings is 1. The van der Waals surface area contributed by atoms with Crippen LogP contribution in [0.1, 0.15) is 25.3 Å². The molecule has 4 rings (SSSR count). The molecule has 14 nitrogen and oxygen atoms in total. The molecule has 0 bridgehead atoms. The summed E-state index contributed by atoms with van der Waals surface area (Å²) in [6.07, 6.45) is 2.28. The maximum absolute atomic E-state index is 12.9. The monoisotopic (exact) mass is 660 g/mol. The summed E-state index contributed by atoms with van der Waals surface area (Å²) in [6, 6.07) is 14.1. The fraction of sp³-hybridized carbons (Fsp3) is 0.308. The van der Waals surface area contributed by atoms with E-state index < -0.39 is 53.2 Å². The molecule has 0 amide bonds. The maximum atomic E-state index is 12.9. The van der Waals surface area contributed by atoms with E-state index in [1.165, 1.54) is 21.7 Å². The fourth-order valence-electron chi connectivity index (χ4n) is 3.71. The molecule has 1 aliphatic rings. The van der Waals surface area contributed by atoms with Gasteiger partial charge < -0.3 is 39.2 Å². The molecule has 43 heavy (non-hydrogen) atoms. The molecule has 3 aromatic rings. The molecule has 5 unspecified atom stereocenters. The van der Waals surface area contributed by atoms with Gasteiger partial charge in [-0.1, -0.05) is 55.1 Å². The molecular formula is C26H35N2O12P3. The summed E-state index contributed by atoms with van der Waals surface area (Å²) in [5.41, 5.74) is -0.372. The van der Waals surface area contributed by atoms with E-state index in [4.69, 9.17) is 38.1 Å². The van der Waals surface area contributed by atoms with Crippen molar-refractivity contribution < 1.29 is 48.3 Å². The van der Waals surface area contributed by atoms with Crippen LogP contribution in [0, 0.1) is 0 Å². The van der Waals surface area contributed by atoms with E-state index >= 15 is 0 Å². The molecule has 17 heteroatoms. The molecule has 1 aromatic carbocycles. The summed E-state index contributed by atoms with van der Waals surface area (Å²) >= 11 is 0. The Bertz CT molecular complexity index is 1360. The van der Waals surface area contributed by atoms with E-state index in [1.54, 1.807) is 18.2 Å². The van der Waals surface area contributed by atoms with Crippen molar-refractivity contribution >= 4 is 26.8 Å². The van der Waals surface area contributed by atoms with Crippen molar-refractivity contribution in [1.29, 1.82) is 0 Å². The molecule has 0 radical (unpaired) electrons. The van der Waals surface area contributed by atoms with Crippen molar-refractivity contribution in [1.82, 2.24) is 9.13 Å². The van der Waals surface area contributed by atoms with Crippen LogP contribution in [0.15, 0.2) is 93.5 Å². The van der Waals surface area contributed by atoms with E-state index in [9.17, 15) is 19.8 Å². The van der Waals surface area contributed by atoms with Crippen LogP contribution in [-0.4, -0.2) is 64.1 Å². The summed E-state index contributed by atoms with van der Waals surface area (Å²) in [5, 5.41) is 29.5. The van der Waals surface area contributed by atoms with E-state index in [1.807, 2.05) is 49.4 Å². The van der Waals surface area contributed by atoms with Crippen molar-refractivity contribution in [3.8, 4) is 11.3 Å². The van der Waals surface area contributed by atoms with Crippen molar-refractivity contribution in [2.24, 2.45) is 0 Å². The summed E-state index contributed by atoms with van der Waals surface area (Å²) < 4.78 is 30.3. The lowest BCUT2D eigenvalue weighted by molar-refractivity contribution is -0.0458. The Balaban J connectivity index is 0.00000116. The lowest BCUT2D eigenvalue weighted by Crippen LogP contribution is -2.43. The van der Waals surface area contributed by atoms with Gasteiger partial charge in [0.1, 0.15) is 23.7 Å². The number of rotatable bonds is 7. The van der Waals surface area contributed by atoms with Gasteiger partial charge in [-0.25, -0.2) is 13.9 Å². The standard InChI is InChI=1S/C21H22N2O7.C5H8.2HO2P.H3OP/c24-11-9-16-18(26)19(27)20(30-16)22-10-8-17(25)23(21(22)28)12-14-6-7-15(29-14)13-4-2-1-3-5-13;1-3-5-4-2;2*1-3-2;1-2/h1-8,10,16,18-20,24,26-27H,9,11-12H2;3-5H,1H2,2H3;2*(H,1,2);1H,2H2/b;5-4-;;;. The summed E-state index contributed by atoms with van der Waals surface area (Å²) in [6.45, 7) is 5.08. The van der Waals surface area contributed by atoms with Gasteiger partial charge in [0.25, 0.3) is 5.56 Å². The van der Waals surface area contributed by atoms with Crippen LogP contribution in [-0.2, 0) is 20.4 Å². The smallest absolute Gasteiger partial charge is 0.333 e. The Morgan fingerprint density at radius 2 is 1.60 bits per heavy atom. The number of hydrogen-bond acceptors (Lipinski definition) is 10. The third kappa shape index (κ3) is 13.0. The number of nitrogens with zero attached hydrogens (tertiary/aromatic N) is 2. The van der Waals surface area contributed by atoms with Crippen LogP contribution in [0.2, 0.25) is 0 Å². The highest BCUT2D eigenvalue weighted by Gasteiger charge is 2.43. The van der Waals surface area contributed by atoms with E-state index in [0.29, 0.717) is 11.5 Å². The Labute approximate surface area is 252 Å². The number of aromatic nitrogens is 2. The number of aliphatic hydroxyl groups is 3. The summed E-state index contributed by atoms with van der Waals surface area (Å²) in [7, 11) is -0.250. The average molecular weight is 660 g/mol. The lowest BCUT2D eigenvalue weighted by Gasteiger charge is -2.18. The molecule has 1 saturated heterocycles. The normalized spacial score (nSPS) is 18.7. The van der Waals surface area contributed by atoms with Crippen LogP contribution in [0.4, 0.5) is 0 Å². The Morgan fingerprint density at radius 3 is 2.12 bits per heavy atom. The highest BCUT2D eigenvalue weighted by Crippen LogP contribution is 2.29. The summed E-state index contributed by atoms with van der Waals surface area (Å²) in [5.74, 6) is 1.02. The van der Waals surface area contributed by atoms with Crippen molar-refractivity contribution in [3.63, 3.8) is 0 Å². The first-order valence-electron chi connectivity index (χ1n) is 12.3. The summed E-state index contributed by atoms with van der Waals surface area (Å²) in [4.78, 5) is 46.1. The quantitative estimate of drug-likeness (QED) is 0.159. The minimum Gasteiger partial charge on any atom is -0.459 e. The fourth-order valence-corrected chi connectivity index (χ4v) is 3.71.